The Bertz CT molecular complexity index is 1060. The maximum Gasteiger partial charge on any atom is 0.263 e. The van der Waals surface area contributed by atoms with Gasteiger partial charge in [-0.05, 0) is 48.9 Å². The number of rotatable bonds is 6. The van der Waals surface area contributed by atoms with E-state index in [1.54, 1.807) is 18.2 Å². The molecule has 0 radical (unpaired) electrons. The third-order valence-electron chi connectivity index (χ3n) is 3.75. The van der Waals surface area contributed by atoms with Gasteiger partial charge >= 0.3 is 0 Å². The van der Waals surface area contributed by atoms with Crippen LogP contribution in [0, 0.1) is 18.6 Å². The average Bonchev–Trinajstić information content (AvgIpc) is 2.61. The van der Waals surface area contributed by atoms with Gasteiger partial charge in [-0.15, -0.1) is 10.2 Å². The number of aromatic nitrogens is 2. The van der Waals surface area contributed by atoms with Crippen LogP contribution >= 0.6 is 0 Å². The van der Waals surface area contributed by atoms with Crippen molar-refractivity contribution in [3.8, 4) is 0 Å². The second kappa shape index (κ2) is 7.67. The topological polar surface area (TPSA) is 84.0 Å². The Balaban J connectivity index is 1.69. The molecular weight excluding hydrogens is 374 g/mol. The molecule has 0 amide bonds. The number of nitrogens with zero attached hydrogens (tertiary/aromatic N) is 2. The Morgan fingerprint density at radius 3 is 2.33 bits per heavy atom. The van der Waals surface area contributed by atoms with Gasteiger partial charge in [0.2, 0.25) is 0 Å². The van der Waals surface area contributed by atoms with Crippen molar-refractivity contribution in [1.29, 1.82) is 0 Å². The van der Waals surface area contributed by atoms with Crippen molar-refractivity contribution in [3.05, 3.63) is 77.4 Å². The van der Waals surface area contributed by atoms with Crippen molar-refractivity contribution >= 4 is 21.7 Å². The smallest absolute Gasteiger partial charge is 0.263 e. The highest BCUT2D eigenvalue weighted by Crippen LogP contribution is 2.19. The lowest BCUT2D eigenvalue weighted by Gasteiger charge is -2.10. The summed E-state index contributed by atoms with van der Waals surface area (Å²) in [6.45, 7) is 1.71. The number of sulfonamides is 1. The second-order valence-electron chi connectivity index (χ2n) is 5.76. The van der Waals surface area contributed by atoms with E-state index in [4.69, 9.17) is 0 Å². The molecule has 0 fully saturated rings. The maximum atomic E-state index is 13.6. The molecule has 1 heterocycles. The SMILES string of the molecule is Cc1cc(F)ccc1S(=O)(=O)Nc1ccc(NCc2ccccc2F)nn1. The molecule has 0 spiro atoms. The molecule has 140 valence electrons. The van der Waals surface area contributed by atoms with E-state index in [0.29, 0.717) is 11.4 Å². The van der Waals surface area contributed by atoms with E-state index in [1.165, 1.54) is 31.2 Å². The first-order valence-electron chi connectivity index (χ1n) is 7.95. The molecule has 2 N–H and O–H groups in total. The molecule has 9 heteroatoms. The molecule has 3 rings (SSSR count). The lowest BCUT2D eigenvalue weighted by atomic mass is 10.2. The minimum absolute atomic E-state index is 0.00941. The fraction of sp³-hybridized carbons (Fsp3) is 0.111. The van der Waals surface area contributed by atoms with Crippen molar-refractivity contribution in [2.75, 3.05) is 10.0 Å². The number of halogens is 2. The highest BCUT2D eigenvalue weighted by atomic mass is 32.2. The summed E-state index contributed by atoms with van der Waals surface area (Å²) >= 11 is 0. The Kier molecular flexibility index (Phi) is 5.31. The van der Waals surface area contributed by atoms with E-state index in [2.05, 4.69) is 20.2 Å². The van der Waals surface area contributed by atoms with Crippen molar-refractivity contribution in [2.45, 2.75) is 18.4 Å². The van der Waals surface area contributed by atoms with Gasteiger partial charge in [0, 0.05) is 12.1 Å². The summed E-state index contributed by atoms with van der Waals surface area (Å²) in [5.74, 6) is -0.483. The Morgan fingerprint density at radius 2 is 1.67 bits per heavy atom. The number of hydrogen-bond acceptors (Lipinski definition) is 5. The molecule has 0 aliphatic heterocycles. The summed E-state index contributed by atoms with van der Waals surface area (Å²) in [4.78, 5) is -0.0487. The molecule has 27 heavy (non-hydrogen) atoms. The molecule has 0 atom stereocenters. The van der Waals surface area contributed by atoms with E-state index < -0.39 is 15.8 Å². The van der Waals surface area contributed by atoms with E-state index >= 15 is 0 Å². The van der Waals surface area contributed by atoms with Crippen molar-refractivity contribution in [3.63, 3.8) is 0 Å². The van der Waals surface area contributed by atoms with Crippen LogP contribution in [0.25, 0.3) is 0 Å². The Morgan fingerprint density at radius 1 is 0.963 bits per heavy atom. The van der Waals surface area contributed by atoms with E-state index in [1.807, 2.05) is 0 Å². The number of nitrogens with one attached hydrogen (secondary N) is 2. The zero-order valence-electron chi connectivity index (χ0n) is 14.3. The van der Waals surface area contributed by atoms with Gasteiger partial charge in [-0.2, -0.15) is 0 Å². The van der Waals surface area contributed by atoms with Crippen LogP contribution in [-0.4, -0.2) is 18.6 Å². The molecular formula is C18H16F2N4O2S. The van der Waals surface area contributed by atoms with Gasteiger partial charge < -0.3 is 5.32 Å². The van der Waals surface area contributed by atoms with Crippen LogP contribution in [0.4, 0.5) is 20.4 Å². The number of hydrogen-bond donors (Lipinski definition) is 2. The molecule has 0 aliphatic rings. The summed E-state index contributed by atoms with van der Waals surface area (Å²) in [5, 5.41) is 10.6. The molecule has 0 saturated heterocycles. The normalized spacial score (nSPS) is 11.2. The Hall–Kier alpha value is -3.07. The van der Waals surface area contributed by atoms with Crippen molar-refractivity contribution < 1.29 is 17.2 Å². The number of benzene rings is 2. The molecule has 0 bridgehead atoms. The zero-order chi connectivity index (χ0) is 19.4. The molecule has 2 aromatic carbocycles. The van der Waals surface area contributed by atoms with Crippen LogP contribution in [-0.2, 0) is 16.6 Å². The quantitative estimate of drug-likeness (QED) is 0.673. The van der Waals surface area contributed by atoms with Gasteiger partial charge in [-0.1, -0.05) is 18.2 Å². The summed E-state index contributed by atoms with van der Waals surface area (Å²) in [6.07, 6.45) is 0. The molecule has 3 aromatic rings. The number of anilines is 2. The molecule has 0 aliphatic carbocycles. The molecule has 0 unspecified atom stereocenters. The van der Waals surface area contributed by atoms with Crippen LogP contribution < -0.4 is 10.0 Å². The summed E-state index contributed by atoms with van der Waals surface area (Å²) in [6, 6.07) is 12.7. The van der Waals surface area contributed by atoms with Crippen LogP contribution in [0.1, 0.15) is 11.1 Å². The van der Waals surface area contributed by atoms with Gasteiger partial charge in [0.1, 0.15) is 17.5 Å². The van der Waals surface area contributed by atoms with Crippen molar-refractivity contribution in [2.24, 2.45) is 0 Å². The molecule has 0 saturated carbocycles. The maximum absolute atomic E-state index is 13.6. The fourth-order valence-corrected chi connectivity index (χ4v) is 3.64. The standard InChI is InChI=1S/C18H16F2N4O2S/c1-12-10-14(19)6-7-16(12)27(25,26)24-18-9-8-17(22-23-18)21-11-13-4-2-3-5-15(13)20/h2-10H,11H2,1H3,(H,21,22)(H,23,24). The monoisotopic (exact) mass is 390 g/mol. The molecule has 1 aromatic heterocycles. The first-order chi connectivity index (χ1) is 12.8. The second-order valence-corrected chi connectivity index (χ2v) is 7.41. The Labute approximate surface area is 155 Å². The summed E-state index contributed by atoms with van der Waals surface area (Å²) in [7, 11) is -3.92. The predicted molar refractivity (Wildman–Crippen MR) is 97.7 cm³/mol. The lowest BCUT2D eigenvalue weighted by molar-refractivity contribution is 0.598. The van der Waals surface area contributed by atoms with Gasteiger partial charge in [0.15, 0.2) is 5.82 Å². The average molecular weight is 390 g/mol. The van der Waals surface area contributed by atoms with E-state index in [9.17, 15) is 17.2 Å². The van der Waals surface area contributed by atoms with Gasteiger partial charge in [-0.3, -0.25) is 4.72 Å². The van der Waals surface area contributed by atoms with E-state index in [-0.39, 0.29) is 28.6 Å². The molecule has 6 nitrogen and oxygen atoms in total. The van der Waals surface area contributed by atoms with Gasteiger partial charge in [0.05, 0.1) is 4.90 Å². The van der Waals surface area contributed by atoms with Gasteiger partial charge in [-0.25, -0.2) is 17.2 Å². The first kappa shape index (κ1) is 18.7. The highest BCUT2D eigenvalue weighted by Gasteiger charge is 2.18. The zero-order valence-corrected chi connectivity index (χ0v) is 15.1. The third-order valence-corrected chi connectivity index (χ3v) is 5.26. The number of aryl methyl sites for hydroxylation is 1. The largest absolute Gasteiger partial charge is 0.364 e. The van der Waals surface area contributed by atoms with Crippen LogP contribution in [0.2, 0.25) is 0 Å². The fourth-order valence-electron chi connectivity index (χ4n) is 2.42. The summed E-state index contributed by atoms with van der Waals surface area (Å²) < 4.78 is 53.9. The predicted octanol–water partition coefficient (Wildman–Crippen LogP) is 3.48. The highest BCUT2D eigenvalue weighted by molar-refractivity contribution is 7.92. The first-order valence-corrected chi connectivity index (χ1v) is 9.43. The van der Waals surface area contributed by atoms with Crippen LogP contribution in [0.15, 0.2) is 59.5 Å². The minimum Gasteiger partial charge on any atom is -0.364 e. The third kappa shape index (κ3) is 4.56. The minimum atomic E-state index is -3.92. The summed E-state index contributed by atoms with van der Waals surface area (Å²) in [5.41, 5.74) is 0.745. The van der Waals surface area contributed by atoms with Crippen LogP contribution in [0.5, 0.6) is 0 Å². The van der Waals surface area contributed by atoms with Crippen molar-refractivity contribution in [1.82, 2.24) is 10.2 Å². The lowest BCUT2D eigenvalue weighted by Crippen LogP contribution is -2.16. The van der Waals surface area contributed by atoms with Crippen LogP contribution in [0.3, 0.4) is 0 Å². The van der Waals surface area contributed by atoms with Gasteiger partial charge in [0.25, 0.3) is 10.0 Å². The van der Waals surface area contributed by atoms with E-state index in [0.717, 1.165) is 12.1 Å².